The van der Waals surface area contributed by atoms with Crippen LogP contribution < -0.4 is 4.74 Å². The van der Waals surface area contributed by atoms with Crippen LogP contribution in [0.3, 0.4) is 0 Å². The molecule has 2 rings (SSSR count). The quantitative estimate of drug-likeness (QED) is 0.486. The number of rotatable bonds is 4. The fourth-order valence-electron chi connectivity index (χ4n) is 2.39. The molecular formula is C21H35NO3Si. The summed E-state index contributed by atoms with van der Waals surface area (Å²) in [7, 11) is -1.95. The van der Waals surface area contributed by atoms with E-state index in [0.29, 0.717) is 6.61 Å². The summed E-state index contributed by atoms with van der Waals surface area (Å²) in [6.07, 6.45) is 1.60. The van der Waals surface area contributed by atoms with Gasteiger partial charge in [0.2, 0.25) is 0 Å². The van der Waals surface area contributed by atoms with Crippen LogP contribution in [0.25, 0.3) is 0 Å². The molecule has 0 fully saturated rings. The number of hydrogen-bond donors (Lipinski definition) is 0. The molecule has 4 nitrogen and oxygen atoms in total. The molecule has 0 aromatic heterocycles. The fourth-order valence-corrected chi connectivity index (χ4v) is 3.58. The zero-order valence-electron chi connectivity index (χ0n) is 17.8. The van der Waals surface area contributed by atoms with E-state index in [2.05, 4.69) is 66.8 Å². The summed E-state index contributed by atoms with van der Waals surface area (Å²) < 4.78 is 18.1. The van der Waals surface area contributed by atoms with Crippen molar-refractivity contribution in [1.82, 2.24) is 0 Å². The van der Waals surface area contributed by atoms with Crippen molar-refractivity contribution in [2.45, 2.75) is 91.1 Å². The first-order valence-corrected chi connectivity index (χ1v) is 12.3. The van der Waals surface area contributed by atoms with Gasteiger partial charge in [-0.05, 0) is 63.5 Å². The second kappa shape index (κ2) is 7.45. The minimum atomic E-state index is -1.95. The SMILES string of the molecule is CC1OCc2cc([C@H](C=NC(C)(C)C)O[Si](C)(C)C(C)(C)C)ccc2O1. The highest BCUT2D eigenvalue weighted by Crippen LogP contribution is 2.40. The zero-order chi connectivity index (χ0) is 19.8. The number of fused-ring (bicyclic) bond motifs is 1. The third kappa shape index (κ3) is 5.41. The van der Waals surface area contributed by atoms with E-state index < -0.39 is 8.32 Å². The predicted molar refractivity (Wildman–Crippen MR) is 111 cm³/mol. The van der Waals surface area contributed by atoms with Gasteiger partial charge in [0.05, 0.1) is 12.1 Å². The lowest BCUT2D eigenvalue weighted by molar-refractivity contribution is -0.0944. The van der Waals surface area contributed by atoms with Gasteiger partial charge in [-0.2, -0.15) is 0 Å². The first-order valence-electron chi connectivity index (χ1n) is 9.43. The van der Waals surface area contributed by atoms with E-state index in [1.807, 2.05) is 19.2 Å². The Morgan fingerprint density at radius 2 is 1.85 bits per heavy atom. The maximum Gasteiger partial charge on any atom is 0.197 e. The van der Waals surface area contributed by atoms with Crippen molar-refractivity contribution < 1.29 is 13.9 Å². The molecule has 1 aliphatic heterocycles. The number of benzene rings is 1. The maximum absolute atomic E-state index is 6.70. The third-order valence-electron chi connectivity index (χ3n) is 5.00. The summed E-state index contributed by atoms with van der Waals surface area (Å²) in [5.41, 5.74) is 2.03. The molecule has 0 N–H and O–H groups in total. The normalized spacial score (nSPS) is 20.0. The van der Waals surface area contributed by atoms with Crippen molar-refractivity contribution in [2.24, 2.45) is 4.99 Å². The van der Waals surface area contributed by atoms with Gasteiger partial charge in [-0.15, -0.1) is 0 Å². The van der Waals surface area contributed by atoms with E-state index >= 15 is 0 Å². The minimum absolute atomic E-state index is 0.134. The third-order valence-corrected chi connectivity index (χ3v) is 9.46. The van der Waals surface area contributed by atoms with Gasteiger partial charge < -0.3 is 13.9 Å². The molecule has 26 heavy (non-hydrogen) atoms. The van der Waals surface area contributed by atoms with Crippen molar-refractivity contribution in [2.75, 3.05) is 0 Å². The van der Waals surface area contributed by atoms with Crippen LogP contribution in [0.2, 0.25) is 18.1 Å². The fraction of sp³-hybridized carbons (Fsp3) is 0.667. The summed E-state index contributed by atoms with van der Waals surface area (Å²) >= 11 is 0. The molecule has 0 saturated heterocycles. The van der Waals surface area contributed by atoms with E-state index in [0.717, 1.165) is 16.9 Å². The first-order chi connectivity index (χ1) is 11.8. The van der Waals surface area contributed by atoms with Crippen molar-refractivity contribution in [3.63, 3.8) is 0 Å². The lowest BCUT2D eigenvalue weighted by Crippen LogP contribution is -2.42. The van der Waals surface area contributed by atoms with Gasteiger partial charge >= 0.3 is 0 Å². The predicted octanol–water partition coefficient (Wildman–Crippen LogP) is 5.87. The molecule has 146 valence electrons. The Hall–Kier alpha value is -1.17. The highest BCUT2D eigenvalue weighted by Gasteiger charge is 2.39. The van der Waals surface area contributed by atoms with Gasteiger partial charge in [0.15, 0.2) is 14.6 Å². The van der Waals surface area contributed by atoms with Gasteiger partial charge in [0, 0.05) is 11.8 Å². The van der Waals surface area contributed by atoms with E-state index in [9.17, 15) is 0 Å². The van der Waals surface area contributed by atoms with Crippen molar-refractivity contribution in [3.8, 4) is 5.75 Å². The monoisotopic (exact) mass is 377 g/mol. The summed E-state index contributed by atoms with van der Waals surface area (Å²) in [5.74, 6) is 0.895. The Balaban J connectivity index is 2.36. The number of ether oxygens (including phenoxy) is 2. The van der Waals surface area contributed by atoms with Crippen LogP contribution in [-0.2, 0) is 15.8 Å². The van der Waals surface area contributed by atoms with Crippen LogP contribution >= 0.6 is 0 Å². The Morgan fingerprint density at radius 3 is 2.42 bits per heavy atom. The zero-order valence-corrected chi connectivity index (χ0v) is 18.8. The van der Waals surface area contributed by atoms with Crippen LogP contribution in [0.4, 0.5) is 0 Å². The average molecular weight is 378 g/mol. The molecule has 0 bridgehead atoms. The maximum atomic E-state index is 6.70. The first kappa shape index (κ1) is 21.1. The number of hydrogen-bond acceptors (Lipinski definition) is 4. The van der Waals surface area contributed by atoms with E-state index in [1.54, 1.807) is 0 Å². The molecule has 1 aliphatic rings. The van der Waals surface area contributed by atoms with Crippen LogP contribution in [0, 0.1) is 0 Å². The minimum Gasteiger partial charge on any atom is -0.465 e. The summed E-state index contributed by atoms with van der Waals surface area (Å²) in [4.78, 5) is 4.73. The topological polar surface area (TPSA) is 40.0 Å². The van der Waals surface area contributed by atoms with Crippen molar-refractivity contribution >= 4 is 14.5 Å². The highest BCUT2D eigenvalue weighted by molar-refractivity contribution is 6.74. The van der Waals surface area contributed by atoms with Gasteiger partial charge in [0.1, 0.15) is 11.9 Å². The molecule has 1 heterocycles. The average Bonchev–Trinajstić information content (AvgIpc) is 2.49. The summed E-state index contributed by atoms with van der Waals surface area (Å²) in [6, 6.07) is 6.24. The Bertz CT molecular complexity index is 656. The molecular weight excluding hydrogens is 342 g/mol. The molecule has 0 saturated carbocycles. The molecule has 0 radical (unpaired) electrons. The molecule has 0 amide bonds. The smallest absolute Gasteiger partial charge is 0.197 e. The molecule has 1 aromatic carbocycles. The van der Waals surface area contributed by atoms with E-state index in [4.69, 9.17) is 18.9 Å². The lowest BCUT2D eigenvalue weighted by atomic mass is 10.0. The van der Waals surface area contributed by atoms with Gasteiger partial charge in [-0.25, -0.2) is 0 Å². The van der Waals surface area contributed by atoms with Crippen molar-refractivity contribution in [1.29, 1.82) is 0 Å². The van der Waals surface area contributed by atoms with Crippen LogP contribution in [0.1, 0.15) is 65.7 Å². The Morgan fingerprint density at radius 1 is 1.19 bits per heavy atom. The largest absolute Gasteiger partial charge is 0.465 e. The molecule has 5 heteroatoms. The van der Waals surface area contributed by atoms with Crippen LogP contribution in [0.5, 0.6) is 5.75 Å². The second-order valence-corrected chi connectivity index (χ2v) is 14.4. The number of aliphatic imine (C=N–C) groups is 1. The summed E-state index contributed by atoms with van der Waals surface area (Å²) in [5, 5.41) is 0.136. The molecule has 0 aliphatic carbocycles. The standard InChI is InChI=1S/C21H35NO3Si/c1-15-23-14-17-12-16(10-11-18(17)24-15)19(13-22-20(2,3)4)25-26(8,9)21(5,6)7/h10-13,15,19H,14H2,1-9H3/t15?,19-/m0/s1. The lowest BCUT2D eigenvalue weighted by Gasteiger charge is -2.39. The second-order valence-electron chi connectivity index (χ2n) is 9.61. The van der Waals surface area contributed by atoms with E-state index in [1.165, 1.54) is 0 Å². The van der Waals surface area contributed by atoms with Crippen LogP contribution in [0.15, 0.2) is 23.2 Å². The van der Waals surface area contributed by atoms with Crippen molar-refractivity contribution in [3.05, 3.63) is 29.3 Å². The van der Waals surface area contributed by atoms with E-state index in [-0.39, 0.29) is 23.0 Å². The summed E-state index contributed by atoms with van der Waals surface area (Å²) in [6.45, 7) is 20.1. The molecule has 1 aromatic rings. The van der Waals surface area contributed by atoms with Crippen LogP contribution in [-0.4, -0.2) is 26.4 Å². The molecule has 0 spiro atoms. The Kier molecular flexibility index (Phi) is 6.05. The van der Waals surface area contributed by atoms with Gasteiger partial charge in [0.25, 0.3) is 0 Å². The Labute approximate surface area is 160 Å². The highest BCUT2D eigenvalue weighted by atomic mass is 28.4. The molecule has 2 atom stereocenters. The molecule has 1 unspecified atom stereocenters. The van der Waals surface area contributed by atoms with Gasteiger partial charge in [-0.1, -0.05) is 26.8 Å². The number of nitrogens with zero attached hydrogens (tertiary/aromatic N) is 1. The van der Waals surface area contributed by atoms with Gasteiger partial charge in [-0.3, -0.25) is 4.99 Å².